The largest absolute Gasteiger partial charge is 0.380 e. The first-order valence-corrected chi connectivity index (χ1v) is 8.40. The van der Waals surface area contributed by atoms with Gasteiger partial charge < -0.3 is 15.4 Å². The van der Waals surface area contributed by atoms with E-state index in [1.54, 1.807) is 26.3 Å². The molecule has 2 N–H and O–H groups in total. The van der Waals surface area contributed by atoms with Crippen LogP contribution in [0.25, 0.3) is 0 Å². The van der Waals surface area contributed by atoms with Gasteiger partial charge in [-0.05, 0) is 42.3 Å². The van der Waals surface area contributed by atoms with E-state index in [0.717, 1.165) is 11.1 Å². The number of nitrogens with zero attached hydrogens (tertiary/aromatic N) is 1. The van der Waals surface area contributed by atoms with E-state index < -0.39 is 0 Å². The summed E-state index contributed by atoms with van der Waals surface area (Å²) in [7, 11) is 3.26. The van der Waals surface area contributed by atoms with Gasteiger partial charge in [0, 0.05) is 31.3 Å². The fourth-order valence-corrected chi connectivity index (χ4v) is 2.65. The van der Waals surface area contributed by atoms with E-state index in [-0.39, 0.29) is 18.5 Å². The Hall–Kier alpha value is -2.11. The Kier molecular flexibility index (Phi) is 7.22. The van der Waals surface area contributed by atoms with E-state index in [1.165, 1.54) is 6.07 Å². The molecule has 0 bridgehead atoms. The van der Waals surface area contributed by atoms with Crippen molar-refractivity contribution in [3.8, 4) is 0 Å². The highest BCUT2D eigenvalue weighted by Crippen LogP contribution is 2.17. The normalized spacial score (nSPS) is 12.8. The van der Waals surface area contributed by atoms with Crippen molar-refractivity contribution in [2.24, 2.45) is 4.99 Å². The van der Waals surface area contributed by atoms with Crippen LogP contribution < -0.4 is 10.6 Å². The monoisotopic (exact) mass is 363 g/mol. The standard InChI is InChI=1S/C19H23ClFN3O/c1-13(15-5-4-6-17(20)10-15)24-19(22-2)23-11-14-7-8-18(21)16(9-14)12-25-3/h4-10,13H,11-12H2,1-3H3,(H2,22,23,24). The summed E-state index contributed by atoms with van der Waals surface area (Å²) in [6, 6.07) is 12.7. The van der Waals surface area contributed by atoms with Gasteiger partial charge in [0.2, 0.25) is 0 Å². The third-order valence-corrected chi connectivity index (χ3v) is 4.03. The topological polar surface area (TPSA) is 45.7 Å². The van der Waals surface area contributed by atoms with Crippen molar-refractivity contribution in [2.75, 3.05) is 14.2 Å². The van der Waals surface area contributed by atoms with Crippen LogP contribution in [-0.2, 0) is 17.9 Å². The second kappa shape index (κ2) is 9.39. The zero-order valence-corrected chi connectivity index (χ0v) is 15.4. The van der Waals surface area contributed by atoms with E-state index in [9.17, 15) is 4.39 Å². The van der Waals surface area contributed by atoms with Gasteiger partial charge in [-0.1, -0.05) is 29.8 Å². The van der Waals surface area contributed by atoms with Crippen LogP contribution in [0, 0.1) is 5.82 Å². The lowest BCUT2D eigenvalue weighted by Crippen LogP contribution is -2.38. The molecule has 0 amide bonds. The lowest BCUT2D eigenvalue weighted by molar-refractivity contribution is 0.181. The van der Waals surface area contributed by atoms with Gasteiger partial charge in [0.1, 0.15) is 5.82 Å². The molecular weight excluding hydrogens is 341 g/mol. The summed E-state index contributed by atoms with van der Waals surface area (Å²) < 4.78 is 18.7. The molecule has 2 rings (SSSR count). The zero-order valence-electron chi connectivity index (χ0n) is 14.6. The molecule has 4 nitrogen and oxygen atoms in total. The van der Waals surface area contributed by atoms with Crippen molar-refractivity contribution in [2.45, 2.75) is 26.1 Å². The zero-order chi connectivity index (χ0) is 18.2. The molecule has 0 aromatic heterocycles. The van der Waals surface area contributed by atoms with Crippen LogP contribution in [0.2, 0.25) is 5.02 Å². The number of methoxy groups -OCH3 is 1. The quantitative estimate of drug-likeness (QED) is 0.601. The van der Waals surface area contributed by atoms with Crippen molar-refractivity contribution >= 4 is 17.6 Å². The van der Waals surface area contributed by atoms with Gasteiger partial charge in [-0.2, -0.15) is 0 Å². The first-order valence-electron chi connectivity index (χ1n) is 8.02. The van der Waals surface area contributed by atoms with Gasteiger partial charge in [0.05, 0.1) is 12.6 Å². The molecule has 0 radical (unpaired) electrons. The summed E-state index contributed by atoms with van der Waals surface area (Å²) in [4.78, 5) is 4.23. The van der Waals surface area contributed by atoms with Gasteiger partial charge in [0.25, 0.3) is 0 Å². The molecule has 0 aliphatic heterocycles. The summed E-state index contributed by atoms with van der Waals surface area (Å²) in [5, 5.41) is 7.25. The Morgan fingerprint density at radius 1 is 1.28 bits per heavy atom. The summed E-state index contributed by atoms with van der Waals surface area (Å²) in [5.41, 5.74) is 2.56. The van der Waals surface area contributed by atoms with Gasteiger partial charge in [-0.25, -0.2) is 4.39 Å². The number of halogens is 2. The minimum Gasteiger partial charge on any atom is -0.380 e. The van der Waals surface area contributed by atoms with Crippen LogP contribution in [-0.4, -0.2) is 20.1 Å². The highest BCUT2D eigenvalue weighted by Gasteiger charge is 2.09. The maximum Gasteiger partial charge on any atom is 0.191 e. The van der Waals surface area contributed by atoms with E-state index in [1.807, 2.05) is 31.2 Å². The Labute approximate surface area is 153 Å². The molecule has 134 valence electrons. The van der Waals surface area contributed by atoms with Crippen molar-refractivity contribution in [1.82, 2.24) is 10.6 Å². The van der Waals surface area contributed by atoms with Gasteiger partial charge in [-0.15, -0.1) is 0 Å². The van der Waals surface area contributed by atoms with Crippen LogP contribution in [0.1, 0.15) is 29.7 Å². The minimum absolute atomic E-state index is 0.0437. The maximum atomic E-state index is 13.7. The molecule has 1 atom stereocenters. The number of benzene rings is 2. The number of ether oxygens (including phenoxy) is 1. The number of guanidine groups is 1. The molecule has 25 heavy (non-hydrogen) atoms. The Morgan fingerprint density at radius 3 is 2.76 bits per heavy atom. The third kappa shape index (κ3) is 5.73. The lowest BCUT2D eigenvalue weighted by atomic mass is 10.1. The van der Waals surface area contributed by atoms with E-state index in [0.29, 0.717) is 23.1 Å². The first kappa shape index (κ1) is 19.2. The van der Waals surface area contributed by atoms with Crippen LogP contribution in [0.3, 0.4) is 0 Å². The summed E-state index contributed by atoms with van der Waals surface area (Å²) in [6.45, 7) is 2.81. The van der Waals surface area contributed by atoms with Gasteiger partial charge in [0.15, 0.2) is 5.96 Å². The second-order valence-corrected chi connectivity index (χ2v) is 6.14. The molecule has 0 saturated carbocycles. The second-order valence-electron chi connectivity index (χ2n) is 5.71. The fraction of sp³-hybridized carbons (Fsp3) is 0.316. The first-order chi connectivity index (χ1) is 12.0. The summed E-state index contributed by atoms with van der Waals surface area (Å²) >= 11 is 6.04. The number of aliphatic imine (C=N–C) groups is 1. The molecule has 0 spiro atoms. The van der Waals surface area contributed by atoms with Crippen molar-refractivity contribution < 1.29 is 9.13 Å². The molecule has 2 aromatic rings. The molecule has 0 aliphatic rings. The van der Waals surface area contributed by atoms with Crippen LogP contribution >= 0.6 is 11.6 Å². The molecule has 0 fully saturated rings. The molecule has 6 heteroatoms. The Bertz CT molecular complexity index is 736. The van der Waals surface area contributed by atoms with Crippen LogP contribution in [0.15, 0.2) is 47.5 Å². The van der Waals surface area contributed by atoms with E-state index in [4.69, 9.17) is 16.3 Å². The van der Waals surface area contributed by atoms with Crippen LogP contribution in [0.4, 0.5) is 4.39 Å². The third-order valence-electron chi connectivity index (χ3n) is 3.80. The molecule has 1 unspecified atom stereocenters. The number of hydrogen-bond donors (Lipinski definition) is 2. The number of hydrogen-bond acceptors (Lipinski definition) is 2. The van der Waals surface area contributed by atoms with E-state index >= 15 is 0 Å². The predicted molar refractivity (Wildman–Crippen MR) is 100 cm³/mol. The van der Waals surface area contributed by atoms with Gasteiger partial charge in [-0.3, -0.25) is 4.99 Å². The minimum atomic E-state index is -0.261. The Balaban J connectivity index is 1.97. The molecule has 2 aromatic carbocycles. The van der Waals surface area contributed by atoms with Crippen molar-refractivity contribution in [3.63, 3.8) is 0 Å². The molecule has 0 heterocycles. The van der Waals surface area contributed by atoms with Crippen molar-refractivity contribution in [1.29, 1.82) is 0 Å². The predicted octanol–water partition coefficient (Wildman–Crippen LogP) is 4.05. The molecule has 0 saturated heterocycles. The molecule has 0 aliphatic carbocycles. The van der Waals surface area contributed by atoms with Crippen molar-refractivity contribution in [3.05, 3.63) is 70.0 Å². The number of nitrogens with one attached hydrogen (secondary N) is 2. The number of rotatable bonds is 6. The molecular formula is C19H23ClFN3O. The maximum absolute atomic E-state index is 13.7. The summed E-state index contributed by atoms with van der Waals surface area (Å²) in [6.07, 6.45) is 0. The smallest absolute Gasteiger partial charge is 0.191 e. The van der Waals surface area contributed by atoms with Gasteiger partial charge >= 0.3 is 0 Å². The lowest BCUT2D eigenvalue weighted by Gasteiger charge is -2.18. The Morgan fingerprint density at radius 2 is 2.08 bits per heavy atom. The highest BCUT2D eigenvalue weighted by atomic mass is 35.5. The fourth-order valence-electron chi connectivity index (χ4n) is 2.45. The van der Waals surface area contributed by atoms with Crippen LogP contribution in [0.5, 0.6) is 0 Å². The average Bonchev–Trinajstić information content (AvgIpc) is 2.61. The SMILES string of the molecule is CN=C(NCc1ccc(F)c(COC)c1)NC(C)c1cccc(Cl)c1. The van der Waals surface area contributed by atoms with E-state index in [2.05, 4.69) is 15.6 Å². The highest BCUT2D eigenvalue weighted by molar-refractivity contribution is 6.30. The summed E-state index contributed by atoms with van der Waals surface area (Å²) in [5.74, 6) is 0.396. The average molecular weight is 364 g/mol.